The second kappa shape index (κ2) is 7.26. The smallest absolute Gasteiger partial charge is 0.271 e. The van der Waals surface area contributed by atoms with E-state index in [0.29, 0.717) is 17.1 Å². The molecule has 120 valence electrons. The third kappa shape index (κ3) is 4.44. The second-order valence-electron chi connectivity index (χ2n) is 4.89. The Morgan fingerprint density at radius 2 is 1.87 bits per heavy atom. The minimum atomic E-state index is -0.556. The molecule has 0 aromatic heterocycles. The van der Waals surface area contributed by atoms with Crippen molar-refractivity contribution >= 4 is 23.0 Å². The van der Waals surface area contributed by atoms with Crippen LogP contribution in [0.3, 0.4) is 0 Å². The fourth-order valence-corrected chi connectivity index (χ4v) is 1.95. The van der Waals surface area contributed by atoms with Gasteiger partial charge in [0.1, 0.15) is 11.8 Å². The summed E-state index contributed by atoms with van der Waals surface area (Å²) < 4.78 is 5.05. The highest BCUT2D eigenvalue weighted by Crippen LogP contribution is 2.19. The number of nitro groups is 1. The van der Waals surface area contributed by atoms with Crippen LogP contribution in [-0.2, 0) is 4.79 Å². The molecule has 0 fully saturated rings. The van der Waals surface area contributed by atoms with Crippen molar-refractivity contribution in [1.82, 2.24) is 0 Å². The summed E-state index contributed by atoms with van der Waals surface area (Å²) in [5.74, 6) is 0.451. The lowest BCUT2D eigenvalue weighted by Gasteiger charge is -2.15. The Bertz CT molecular complexity index is 701. The maximum atomic E-state index is 12.2. The lowest BCUT2D eigenvalue weighted by molar-refractivity contribution is -0.384. The fourth-order valence-electron chi connectivity index (χ4n) is 1.95. The summed E-state index contributed by atoms with van der Waals surface area (Å²) >= 11 is 0. The molecule has 0 radical (unpaired) electrons. The second-order valence-corrected chi connectivity index (χ2v) is 4.89. The Balaban J connectivity index is 1.99. The first-order valence-corrected chi connectivity index (χ1v) is 6.95. The Labute approximate surface area is 133 Å². The number of rotatable bonds is 6. The van der Waals surface area contributed by atoms with Crippen molar-refractivity contribution in [3.05, 3.63) is 58.6 Å². The first kappa shape index (κ1) is 16.3. The molecule has 0 aliphatic carbocycles. The molecule has 1 amide bonds. The van der Waals surface area contributed by atoms with Gasteiger partial charge in [0.15, 0.2) is 0 Å². The molecule has 0 unspecified atom stereocenters. The van der Waals surface area contributed by atoms with Crippen LogP contribution in [0.15, 0.2) is 48.5 Å². The molecule has 2 N–H and O–H groups in total. The van der Waals surface area contributed by atoms with Gasteiger partial charge in [-0.3, -0.25) is 14.9 Å². The third-order valence-electron chi connectivity index (χ3n) is 3.19. The molecule has 7 nitrogen and oxygen atoms in total. The highest BCUT2D eigenvalue weighted by molar-refractivity contribution is 5.96. The molecular formula is C16H17N3O4. The van der Waals surface area contributed by atoms with Gasteiger partial charge >= 0.3 is 0 Å². The van der Waals surface area contributed by atoms with Crippen LogP contribution in [0.1, 0.15) is 6.92 Å². The van der Waals surface area contributed by atoms with E-state index in [-0.39, 0.29) is 11.6 Å². The number of nitro benzene ring substituents is 1. The largest absolute Gasteiger partial charge is 0.497 e. The Hall–Kier alpha value is -3.09. The van der Waals surface area contributed by atoms with Gasteiger partial charge in [-0.25, -0.2) is 0 Å². The topological polar surface area (TPSA) is 93.5 Å². The number of amides is 1. The van der Waals surface area contributed by atoms with Gasteiger partial charge in [-0.1, -0.05) is 6.07 Å². The minimum Gasteiger partial charge on any atom is -0.497 e. The van der Waals surface area contributed by atoms with Crippen LogP contribution >= 0.6 is 0 Å². The molecular weight excluding hydrogens is 298 g/mol. The van der Waals surface area contributed by atoms with E-state index in [1.807, 2.05) is 0 Å². The summed E-state index contributed by atoms with van der Waals surface area (Å²) in [7, 11) is 1.57. The SMILES string of the molecule is COc1ccc(NC(=O)[C@@H](C)Nc2cccc([N+](=O)[O-])c2)cc1. The van der Waals surface area contributed by atoms with Gasteiger partial charge in [0.05, 0.1) is 12.0 Å². The van der Waals surface area contributed by atoms with Crippen LogP contribution in [-0.4, -0.2) is 24.0 Å². The molecule has 0 saturated heterocycles. The zero-order chi connectivity index (χ0) is 16.8. The van der Waals surface area contributed by atoms with Crippen LogP contribution in [0.5, 0.6) is 5.75 Å². The van der Waals surface area contributed by atoms with E-state index in [0.717, 1.165) is 0 Å². The van der Waals surface area contributed by atoms with E-state index in [1.54, 1.807) is 50.4 Å². The number of ether oxygens (including phenoxy) is 1. The molecule has 23 heavy (non-hydrogen) atoms. The molecule has 2 aromatic rings. The highest BCUT2D eigenvalue weighted by atomic mass is 16.6. The summed E-state index contributed by atoms with van der Waals surface area (Å²) in [5.41, 5.74) is 1.12. The third-order valence-corrected chi connectivity index (χ3v) is 3.19. The van der Waals surface area contributed by atoms with E-state index >= 15 is 0 Å². The number of carbonyl (C=O) groups excluding carboxylic acids is 1. The van der Waals surface area contributed by atoms with E-state index in [1.165, 1.54) is 12.1 Å². The average molecular weight is 315 g/mol. The molecule has 2 rings (SSSR count). The molecule has 1 atom stereocenters. The molecule has 7 heteroatoms. The van der Waals surface area contributed by atoms with Crippen LogP contribution in [0.2, 0.25) is 0 Å². The van der Waals surface area contributed by atoms with Crippen LogP contribution in [0.4, 0.5) is 17.1 Å². The molecule has 0 aliphatic heterocycles. The number of hydrogen-bond acceptors (Lipinski definition) is 5. The van der Waals surface area contributed by atoms with Gasteiger partial charge in [0.2, 0.25) is 5.91 Å². The van der Waals surface area contributed by atoms with Crippen molar-refractivity contribution in [2.45, 2.75) is 13.0 Å². The monoisotopic (exact) mass is 315 g/mol. The molecule has 0 spiro atoms. The van der Waals surface area contributed by atoms with E-state index in [9.17, 15) is 14.9 Å². The molecule has 2 aromatic carbocycles. The Morgan fingerprint density at radius 1 is 1.17 bits per heavy atom. The maximum Gasteiger partial charge on any atom is 0.271 e. The summed E-state index contributed by atoms with van der Waals surface area (Å²) in [6.45, 7) is 1.68. The van der Waals surface area contributed by atoms with E-state index in [2.05, 4.69) is 10.6 Å². The van der Waals surface area contributed by atoms with Gasteiger partial charge < -0.3 is 15.4 Å². The highest BCUT2D eigenvalue weighted by Gasteiger charge is 2.14. The predicted molar refractivity (Wildman–Crippen MR) is 87.8 cm³/mol. The van der Waals surface area contributed by atoms with Crippen molar-refractivity contribution in [3.8, 4) is 5.75 Å². The summed E-state index contributed by atoms with van der Waals surface area (Å²) in [6, 6.07) is 12.4. The number of carbonyl (C=O) groups is 1. The quantitative estimate of drug-likeness (QED) is 0.631. The number of methoxy groups -OCH3 is 1. The van der Waals surface area contributed by atoms with Gasteiger partial charge in [-0.2, -0.15) is 0 Å². The number of benzene rings is 2. The van der Waals surface area contributed by atoms with Crippen LogP contribution < -0.4 is 15.4 Å². The summed E-state index contributed by atoms with van der Waals surface area (Å²) in [6.07, 6.45) is 0. The molecule has 0 aliphatic rings. The van der Waals surface area contributed by atoms with Gasteiger partial charge in [0, 0.05) is 23.5 Å². The number of non-ortho nitro benzene ring substituents is 1. The zero-order valence-electron chi connectivity index (χ0n) is 12.8. The van der Waals surface area contributed by atoms with Crippen molar-refractivity contribution in [1.29, 1.82) is 0 Å². The number of nitrogens with one attached hydrogen (secondary N) is 2. The average Bonchev–Trinajstić information content (AvgIpc) is 2.55. The Kier molecular flexibility index (Phi) is 5.14. The summed E-state index contributed by atoms with van der Waals surface area (Å²) in [4.78, 5) is 22.4. The van der Waals surface area contributed by atoms with Crippen molar-refractivity contribution in [3.63, 3.8) is 0 Å². The fraction of sp³-hybridized carbons (Fsp3) is 0.188. The minimum absolute atomic E-state index is 0.0298. The Morgan fingerprint density at radius 3 is 2.48 bits per heavy atom. The number of nitrogens with zero attached hydrogens (tertiary/aromatic N) is 1. The van der Waals surface area contributed by atoms with Crippen molar-refractivity contribution in [2.24, 2.45) is 0 Å². The van der Waals surface area contributed by atoms with E-state index in [4.69, 9.17) is 4.74 Å². The zero-order valence-corrected chi connectivity index (χ0v) is 12.8. The lowest BCUT2D eigenvalue weighted by atomic mass is 10.2. The van der Waals surface area contributed by atoms with Gasteiger partial charge in [0.25, 0.3) is 5.69 Å². The number of anilines is 2. The molecule has 0 heterocycles. The predicted octanol–water partition coefficient (Wildman–Crippen LogP) is 3.04. The van der Waals surface area contributed by atoms with Crippen molar-refractivity contribution < 1.29 is 14.5 Å². The molecule has 0 saturated carbocycles. The van der Waals surface area contributed by atoms with Gasteiger partial charge in [-0.05, 0) is 37.3 Å². The standard InChI is InChI=1S/C16H17N3O4/c1-11(17-13-4-3-5-14(10-13)19(21)22)16(20)18-12-6-8-15(23-2)9-7-12/h3-11,17H,1-2H3,(H,18,20)/t11-/m1/s1. The normalized spacial score (nSPS) is 11.4. The maximum absolute atomic E-state index is 12.2. The summed E-state index contributed by atoms with van der Waals surface area (Å²) in [5, 5.41) is 16.5. The number of hydrogen-bond donors (Lipinski definition) is 2. The first-order chi connectivity index (χ1) is 11.0. The van der Waals surface area contributed by atoms with Crippen LogP contribution in [0.25, 0.3) is 0 Å². The van der Waals surface area contributed by atoms with Crippen LogP contribution in [0, 0.1) is 10.1 Å². The first-order valence-electron chi connectivity index (χ1n) is 6.95. The van der Waals surface area contributed by atoms with Crippen molar-refractivity contribution in [2.75, 3.05) is 17.7 Å². The van der Waals surface area contributed by atoms with E-state index < -0.39 is 11.0 Å². The molecule has 0 bridgehead atoms. The van der Waals surface area contributed by atoms with Gasteiger partial charge in [-0.15, -0.1) is 0 Å². The lowest BCUT2D eigenvalue weighted by Crippen LogP contribution is -2.31.